The monoisotopic (exact) mass is 779 g/mol. The average Bonchev–Trinajstić information content (AvgIpc) is 3.09. The predicted molar refractivity (Wildman–Crippen MR) is 183 cm³/mol. The van der Waals surface area contributed by atoms with Crippen LogP contribution < -0.4 is 9.08 Å². The molecule has 1 aliphatic heterocycles. The zero-order valence-corrected chi connectivity index (χ0v) is 30.1. The van der Waals surface area contributed by atoms with Gasteiger partial charge in [-0.15, -0.1) is 0 Å². The van der Waals surface area contributed by atoms with Crippen molar-refractivity contribution in [3.63, 3.8) is 0 Å². The summed E-state index contributed by atoms with van der Waals surface area (Å²) < 4.78 is 94.7. The van der Waals surface area contributed by atoms with Gasteiger partial charge in [0.05, 0.1) is 12.0 Å². The van der Waals surface area contributed by atoms with Gasteiger partial charge >= 0.3 is 33.5 Å². The first-order valence-electron chi connectivity index (χ1n) is 16.4. The minimum Gasteiger partial charge on any atom is -0.462 e. The number of hydrogen-bond donors (Lipinski definition) is 1. The van der Waals surface area contributed by atoms with Crippen molar-refractivity contribution in [1.82, 2.24) is 0 Å². The van der Waals surface area contributed by atoms with Crippen molar-refractivity contribution >= 4 is 39.6 Å². The second kappa shape index (κ2) is 17.2. The smallest absolute Gasteiger partial charge is 0.462 e. The van der Waals surface area contributed by atoms with Gasteiger partial charge in [-0.2, -0.15) is 21.6 Å². The molecule has 17 heteroatoms. The van der Waals surface area contributed by atoms with Gasteiger partial charge in [0.25, 0.3) is 0 Å². The maximum Gasteiger partial charge on any atom is 0.534 e. The van der Waals surface area contributed by atoms with E-state index in [0.29, 0.717) is 11.1 Å². The van der Waals surface area contributed by atoms with E-state index in [2.05, 4.69) is 4.18 Å². The van der Waals surface area contributed by atoms with Gasteiger partial charge in [0.1, 0.15) is 30.9 Å². The van der Waals surface area contributed by atoms with Gasteiger partial charge in [0.2, 0.25) is 5.91 Å². The molecule has 3 atom stereocenters. The van der Waals surface area contributed by atoms with Gasteiger partial charge in [0, 0.05) is 26.5 Å². The quantitative estimate of drug-likeness (QED) is 0.0356. The number of halogens is 4. The van der Waals surface area contributed by atoms with E-state index in [1.165, 1.54) is 54.3 Å². The fourth-order valence-corrected chi connectivity index (χ4v) is 6.15. The van der Waals surface area contributed by atoms with Gasteiger partial charge < -0.3 is 28.4 Å². The van der Waals surface area contributed by atoms with Crippen LogP contribution in [0.25, 0.3) is 0 Å². The largest absolute Gasteiger partial charge is 0.534 e. The van der Waals surface area contributed by atoms with Crippen LogP contribution in [0.5, 0.6) is 5.75 Å². The summed E-state index contributed by atoms with van der Waals surface area (Å²) in [5, 5.41) is 10.9. The lowest BCUT2D eigenvalue weighted by atomic mass is 9.78. The zero-order valence-electron chi connectivity index (χ0n) is 29.2. The Morgan fingerprint density at radius 1 is 0.870 bits per heavy atom. The molecule has 1 unspecified atom stereocenters. The highest BCUT2D eigenvalue weighted by Gasteiger charge is 2.50. The van der Waals surface area contributed by atoms with E-state index in [-0.39, 0.29) is 30.9 Å². The van der Waals surface area contributed by atoms with Gasteiger partial charge in [-0.25, -0.2) is 4.39 Å². The van der Waals surface area contributed by atoms with E-state index in [0.717, 1.165) is 31.5 Å². The molecule has 0 spiro atoms. The third kappa shape index (κ3) is 10.9. The van der Waals surface area contributed by atoms with E-state index < -0.39 is 82.0 Å². The molecule has 12 nitrogen and oxygen atoms in total. The second-order valence-electron chi connectivity index (χ2n) is 12.5. The Morgan fingerprint density at radius 3 is 1.96 bits per heavy atom. The Morgan fingerprint density at radius 2 is 1.44 bits per heavy atom. The number of anilines is 1. The molecule has 0 aliphatic carbocycles. The maximum absolute atomic E-state index is 13.7. The predicted octanol–water partition coefficient (Wildman–Crippen LogP) is 5.80. The first-order chi connectivity index (χ1) is 25.3. The summed E-state index contributed by atoms with van der Waals surface area (Å²) in [5.41, 5.74) is -5.27. The van der Waals surface area contributed by atoms with Crippen LogP contribution in [-0.2, 0) is 49.9 Å². The third-order valence-corrected chi connectivity index (χ3v) is 9.24. The highest BCUT2D eigenvalue weighted by atomic mass is 32.2. The summed E-state index contributed by atoms with van der Waals surface area (Å²) in [7, 11) is -5.93. The van der Waals surface area contributed by atoms with Crippen LogP contribution in [0.2, 0.25) is 0 Å². The molecule has 3 aromatic rings. The number of amides is 1. The number of rotatable bonds is 16. The molecular weight excluding hydrogens is 742 g/mol. The molecule has 0 aromatic heterocycles. The van der Waals surface area contributed by atoms with Gasteiger partial charge in [-0.05, 0) is 78.4 Å². The highest BCUT2D eigenvalue weighted by Crippen LogP contribution is 2.47. The van der Waals surface area contributed by atoms with Crippen molar-refractivity contribution in [3.8, 4) is 5.75 Å². The van der Waals surface area contributed by atoms with Crippen molar-refractivity contribution in [2.45, 2.75) is 63.3 Å². The molecule has 1 aliphatic rings. The number of alkyl halides is 3. The molecule has 4 rings (SSSR count). The maximum atomic E-state index is 13.7. The van der Waals surface area contributed by atoms with Crippen LogP contribution in [0.4, 0.5) is 23.2 Å². The molecule has 1 heterocycles. The summed E-state index contributed by atoms with van der Waals surface area (Å²) >= 11 is 0. The van der Waals surface area contributed by atoms with Crippen LogP contribution in [-0.4, -0.2) is 61.7 Å². The molecular formula is C37H37F4NO11S. The standard InChI is InChI=1S/C37H37F4NO11S/c1-23(43)50-21-36(47,22-51-24(2)44)20-4-5-26-6-8-28(9-7-26)34-32(18-19-33(52-25(3)45)27-10-12-29(38)13-11-27)35(46)42(34)30-14-16-31(17-15-30)53-54(48,49)37(39,40)41/h4,6-17,20,32-34,47H,5,18-19,21-22H2,1-3H3/b20-4+/t32?,33-,34+/m0/s1. The van der Waals surface area contributed by atoms with E-state index in [9.17, 15) is 50.3 Å². The van der Waals surface area contributed by atoms with Crippen molar-refractivity contribution in [2.75, 3.05) is 18.1 Å². The Kier molecular flexibility index (Phi) is 13.2. The summed E-state index contributed by atoms with van der Waals surface area (Å²) in [6.07, 6.45) is 2.81. The van der Waals surface area contributed by atoms with Crippen LogP contribution >= 0.6 is 0 Å². The van der Waals surface area contributed by atoms with Crippen molar-refractivity contribution < 1.29 is 68.7 Å². The lowest BCUT2D eigenvalue weighted by Gasteiger charge is -2.48. The SMILES string of the molecule is CC(=O)OCC(O)(/C=C/Cc1ccc([C@@H]2C(CC[C@H](OC(C)=O)c3ccc(F)cc3)C(=O)N2c2ccc(OS(=O)(=O)C(F)(F)F)cc2)cc1)COC(C)=O. The number of carbonyl (C=O) groups is 4. The molecule has 290 valence electrons. The van der Waals surface area contributed by atoms with E-state index in [4.69, 9.17) is 14.2 Å². The Balaban J connectivity index is 1.59. The van der Waals surface area contributed by atoms with E-state index in [1.807, 2.05) is 0 Å². The second-order valence-corrected chi connectivity index (χ2v) is 14.0. The zero-order chi connectivity index (χ0) is 39.8. The van der Waals surface area contributed by atoms with Gasteiger partial charge in [-0.3, -0.25) is 19.2 Å². The average molecular weight is 780 g/mol. The molecule has 1 amide bonds. The number of carbonyl (C=O) groups excluding carboxylic acids is 4. The third-order valence-electron chi connectivity index (χ3n) is 8.26. The van der Waals surface area contributed by atoms with Crippen LogP contribution in [0, 0.1) is 11.7 Å². The topological polar surface area (TPSA) is 163 Å². The molecule has 1 N–H and O–H groups in total. The number of allylic oxidation sites excluding steroid dienone is 1. The molecule has 0 bridgehead atoms. The molecule has 1 fully saturated rings. The number of β-lactam (4-membered cyclic amide) rings is 1. The first-order valence-corrected chi connectivity index (χ1v) is 17.8. The summed E-state index contributed by atoms with van der Waals surface area (Å²) in [4.78, 5) is 49.6. The molecule has 1 saturated heterocycles. The Labute approximate surface area is 308 Å². The van der Waals surface area contributed by atoms with Crippen LogP contribution in [0.15, 0.2) is 84.9 Å². The fourth-order valence-electron chi connectivity index (χ4n) is 5.69. The Bertz CT molecular complexity index is 1930. The van der Waals surface area contributed by atoms with Crippen molar-refractivity contribution in [3.05, 3.63) is 107 Å². The normalized spacial score (nSPS) is 16.7. The number of nitrogens with zero attached hydrogens (tertiary/aromatic N) is 1. The van der Waals surface area contributed by atoms with Crippen molar-refractivity contribution in [1.29, 1.82) is 0 Å². The number of benzene rings is 3. The summed E-state index contributed by atoms with van der Waals surface area (Å²) in [6, 6.07) is 16.2. The number of ether oxygens (including phenoxy) is 3. The summed E-state index contributed by atoms with van der Waals surface area (Å²) in [5.74, 6) is -4.02. The van der Waals surface area contributed by atoms with E-state index >= 15 is 0 Å². The minimum absolute atomic E-state index is 0.181. The number of esters is 3. The summed E-state index contributed by atoms with van der Waals surface area (Å²) in [6.45, 7) is 2.64. The molecule has 0 saturated carbocycles. The number of hydrogen-bond acceptors (Lipinski definition) is 11. The lowest BCUT2D eigenvalue weighted by molar-refractivity contribution is -0.155. The fraction of sp³-hybridized carbons (Fsp3) is 0.351. The number of aliphatic hydroxyl groups is 1. The molecule has 3 aromatic carbocycles. The minimum atomic E-state index is -5.93. The van der Waals surface area contributed by atoms with Crippen LogP contribution in [0.1, 0.15) is 62.4 Å². The lowest BCUT2D eigenvalue weighted by Crippen LogP contribution is -2.55. The highest BCUT2D eigenvalue weighted by molar-refractivity contribution is 7.88. The molecule has 0 radical (unpaired) electrons. The van der Waals surface area contributed by atoms with Gasteiger partial charge in [0.15, 0.2) is 5.60 Å². The first kappa shape index (κ1) is 41.5. The Hall–Kier alpha value is -5.29. The van der Waals surface area contributed by atoms with Crippen LogP contribution in [0.3, 0.4) is 0 Å². The molecule has 54 heavy (non-hydrogen) atoms. The van der Waals surface area contributed by atoms with Gasteiger partial charge in [-0.1, -0.05) is 42.5 Å². The van der Waals surface area contributed by atoms with E-state index in [1.54, 1.807) is 30.3 Å². The van der Waals surface area contributed by atoms with Crippen molar-refractivity contribution in [2.24, 2.45) is 5.92 Å².